The Kier molecular flexibility index (Phi) is 9.12. The maximum Gasteiger partial charge on any atom is 0.0897 e. The fraction of sp³-hybridized carbons (Fsp3) is 1.00. The average molecular weight is 289 g/mol. The first-order valence-corrected chi connectivity index (χ1v) is 9.07. The highest BCUT2D eigenvalue weighted by Crippen LogP contribution is 2.25. The van der Waals surface area contributed by atoms with E-state index in [0.29, 0.717) is 25.3 Å². The van der Waals surface area contributed by atoms with E-state index in [1.54, 1.807) is 0 Å². The number of hydrogen-bond acceptors (Lipinski definition) is 4. The number of thioether (sulfide) groups is 1. The van der Waals surface area contributed by atoms with Crippen molar-refractivity contribution in [1.29, 1.82) is 0 Å². The smallest absolute Gasteiger partial charge is 0.0897 e. The molecule has 19 heavy (non-hydrogen) atoms. The van der Waals surface area contributed by atoms with Gasteiger partial charge >= 0.3 is 0 Å². The highest BCUT2D eigenvalue weighted by atomic mass is 32.2. The van der Waals surface area contributed by atoms with Crippen LogP contribution in [0.4, 0.5) is 0 Å². The summed E-state index contributed by atoms with van der Waals surface area (Å²) in [4.78, 5) is 0. The molecule has 1 aliphatic rings. The molecular formula is C15H31NO2S. The number of aliphatic hydroxyl groups excluding tert-OH is 1. The first kappa shape index (κ1) is 17.3. The summed E-state index contributed by atoms with van der Waals surface area (Å²) >= 11 is 1.85. The van der Waals surface area contributed by atoms with Gasteiger partial charge in [-0.05, 0) is 31.4 Å². The van der Waals surface area contributed by atoms with Gasteiger partial charge in [-0.25, -0.2) is 0 Å². The van der Waals surface area contributed by atoms with Gasteiger partial charge in [0, 0.05) is 18.3 Å². The van der Waals surface area contributed by atoms with Crippen molar-refractivity contribution in [2.24, 2.45) is 5.92 Å². The first-order valence-electron chi connectivity index (χ1n) is 7.67. The summed E-state index contributed by atoms with van der Waals surface area (Å²) in [6.07, 6.45) is 8.13. The Labute approximate surface area is 122 Å². The summed E-state index contributed by atoms with van der Waals surface area (Å²) in [5.74, 6) is 1.88. The van der Waals surface area contributed by atoms with Crippen LogP contribution >= 0.6 is 11.8 Å². The molecule has 0 heterocycles. The monoisotopic (exact) mass is 289 g/mol. The van der Waals surface area contributed by atoms with Gasteiger partial charge in [-0.15, -0.1) is 0 Å². The molecule has 4 unspecified atom stereocenters. The van der Waals surface area contributed by atoms with E-state index in [4.69, 9.17) is 4.74 Å². The normalized spacial score (nSPS) is 27.2. The van der Waals surface area contributed by atoms with Crippen molar-refractivity contribution < 1.29 is 9.84 Å². The quantitative estimate of drug-likeness (QED) is 0.685. The van der Waals surface area contributed by atoms with Crippen LogP contribution in [-0.4, -0.2) is 48.5 Å². The van der Waals surface area contributed by atoms with Crippen molar-refractivity contribution in [1.82, 2.24) is 5.32 Å². The minimum Gasteiger partial charge on any atom is -0.389 e. The second-order valence-electron chi connectivity index (χ2n) is 5.85. The first-order chi connectivity index (χ1) is 9.15. The predicted molar refractivity (Wildman–Crippen MR) is 83.8 cm³/mol. The van der Waals surface area contributed by atoms with Gasteiger partial charge in [0.2, 0.25) is 0 Å². The molecule has 114 valence electrons. The van der Waals surface area contributed by atoms with Crippen LogP contribution in [0.5, 0.6) is 0 Å². The van der Waals surface area contributed by atoms with E-state index < -0.39 is 0 Å². The fourth-order valence-electron chi connectivity index (χ4n) is 2.66. The Morgan fingerprint density at radius 2 is 2.21 bits per heavy atom. The number of nitrogens with one attached hydrogen (secondary N) is 1. The van der Waals surface area contributed by atoms with Crippen molar-refractivity contribution in [3.8, 4) is 0 Å². The van der Waals surface area contributed by atoms with Gasteiger partial charge in [-0.2, -0.15) is 11.8 Å². The Balaban J connectivity index is 2.11. The third kappa shape index (κ3) is 7.54. The topological polar surface area (TPSA) is 41.5 Å². The maximum atomic E-state index is 9.96. The molecule has 4 atom stereocenters. The van der Waals surface area contributed by atoms with E-state index in [9.17, 15) is 5.11 Å². The van der Waals surface area contributed by atoms with E-state index in [0.717, 1.165) is 30.9 Å². The Morgan fingerprint density at radius 3 is 2.84 bits per heavy atom. The average Bonchev–Trinajstić information content (AvgIpc) is 2.41. The summed E-state index contributed by atoms with van der Waals surface area (Å²) in [6, 6.07) is 0.499. The minimum absolute atomic E-state index is 0.367. The van der Waals surface area contributed by atoms with E-state index in [1.165, 1.54) is 12.8 Å². The Bertz CT molecular complexity index is 228. The van der Waals surface area contributed by atoms with E-state index >= 15 is 0 Å². The fourth-order valence-corrected chi connectivity index (χ4v) is 3.42. The summed E-state index contributed by atoms with van der Waals surface area (Å²) in [5.41, 5.74) is 0. The van der Waals surface area contributed by atoms with Gasteiger partial charge in [-0.1, -0.05) is 26.7 Å². The van der Waals surface area contributed by atoms with Gasteiger partial charge in [-0.3, -0.25) is 0 Å². The SMILES string of the molecule is CCC(CSC)NCC(O)COC1CCCC(C)C1. The molecule has 0 radical (unpaired) electrons. The summed E-state index contributed by atoms with van der Waals surface area (Å²) < 4.78 is 5.85. The van der Waals surface area contributed by atoms with Crippen LogP contribution in [0, 0.1) is 5.92 Å². The molecule has 0 saturated heterocycles. The van der Waals surface area contributed by atoms with E-state index in [1.807, 2.05) is 11.8 Å². The van der Waals surface area contributed by atoms with Gasteiger partial charge in [0.05, 0.1) is 18.8 Å². The molecule has 1 rings (SSSR count). The third-order valence-electron chi connectivity index (χ3n) is 3.92. The lowest BCUT2D eigenvalue weighted by molar-refractivity contribution is -0.0310. The molecule has 0 aromatic rings. The lowest BCUT2D eigenvalue weighted by atomic mass is 9.89. The zero-order chi connectivity index (χ0) is 14.1. The van der Waals surface area contributed by atoms with Crippen molar-refractivity contribution in [2.45, 2.75) is 64.2 Å². The van der Waals surface area contributed by atoms with Gasteiger partial charge < -0.3 is 15.2 Å². The van der Waals surface area contributed by atoms with Crippen LogP contribution in [0.1, 0.15) is 46.0 Å². The standard InChI is InChI=1S/C15H31NO2S/c1-4-13(11-19-3)16-9-14(17)10-18-15-7-5-6-12(2)8-15/h12-17H,4-11H2,1-3H3. The van der Waals surface area contributed by atoms with Gasteiger partial charge in [0.1, 0.15) is 0 Å². The third-order valence-corrected chi connectivity index (χ3v) is 4.65. The Hall–Kier alpha value is 0.230. The Morgan fingerprint density at radius 1 is 1.42 bits per heavy atom. The molecule has 0 bridgehead atoms. The minimum atomic E-state index is -0.381. The second kappa shape index (κ2) is 10.0. The molecule has 2 N–H and O–H groups in total. The highest BCUT2D eigenvalue weighted by molar-refractivity contribution is 7.98. The zero-order valence-electron chi connectivity index (χ0n) is 12.7. The molecule has 1 fully saturated rings. The zero-order valence-corrected chi connectivity index (χ0v) is 13.5. The van der Waals surface area contributed by atoms with E-state index in [2.05, 4.69) is 25.4 Å². The van der Waals surface area contributed by atoms with E-state index in [-0.39, 0.29) is 6.10 Å². The van der Waals surface area contributed by atoms with Crippen LogP contribution in [0.3, 0.4) is 0 Å². The number of aliphatic hydroxyl groups is 1. The van der Waals surface area contributed by atoms with Crippen LogP contribution < -0.4 is 5.32 Å². The predicted octanol–water partition coefficient (Wildman–Crippen LogP) is 2.67. The lowest BCUT2D eigenvalue weighted by Crippen LogP contribution is -2.39. The summed E-state index contributed by atoms with van der Waals surface area (Å²) in [7, 11) is 0. The van der Waals surface area contributed by atoms with Crippen molar-refractivity contribution in [2.75, 3.05) is 25.2 Å². The molecule has 0 aromatic heterocycles. The molecule has 1 saturated carbocycles. The summed E-state index contributed by atoms with van der Waals surface area (Å²) in [6.45, 7) is 5.59. The van der Waals surface area contributed by atoms with Crippen molar-refractivity contribution >= 4 is 11.8 Å². The largest absolute Gasteiger partial charge is 0.389 e. The molecule has 0 amide bonds. The maximum absolute atomic E-state index is 9.96. The second-order valence-corrected chi connectivity index (χ2v) is 6.76. The van der Waals surface area contributed by atoms with Crippen molar-refractivity contribution in [3.63, 3.8) is 0 Å². The molecule has 3 nitrogen and oxygen atoms in total. The van der Waals surface area contributed by atoms with Crippen LogP contribution in [0.2, 0.25) is 0 Å². The van der Waals surface area contributed by atoms with Crippen LogP contribution in [0.15, 0.2) is 0 Å². The van der Waals surface area contributed by atoms with Crippen LogP contribution in [-0.2, 0) is 4.74 Å². The lowest BCUT2D eigenvalue weighted by Gasteiger charge is -2.28. The molecule has 0 aliphatic heterocycles. The van der Waals surface area contributed by atoms with Gasteiger partial charge in [0.15, 0.2) is 0 Å². The number of hydrogen-bond donors (Lipinski definition) is 2. The highest BCUT2D eigenvalue weighted by Gasteiger charge is 2.20. The number of ether oxygens (including phenoxy) is 1. The molecule has 1 aliphatic carbocycles. The molecular weight excluding hydrogens is 258 g/mol. The molecule has 0 spiro atoms. The van der Waals surface area contributed by atoms with Crippen LogP contribution in [0.25, 0.3) is 0 Å². The molecule has 0 aromatic carbocycles. The molecule has 4 heteroatoms. The van der Waals surface area contributed by atoms with Crippen molar-refractivity contribution in [3.05, 3.63) is 0 Å². The summed E-state index contributed by atoms with van der Waals surface area (Å²) in [5, 5.41) is 13.4. The van der Waals surface area contributed by atoms with Gasteiger partial charge in [0.25, 0.3) is 0 Å². The number of rotatable bonds is 9.